The lowest BCUT2D eigenvalue weighted by molar-refractivity contribution is 1.11. The van der Waals surface area contributed by atoms with Crippen molar-refractivity contribution >= 4 is 92.1 Å². The van der Waals surface area contributed by atoms with Crippen molar-refractivity contribution in [2.24, 2.45) is 0 Å². The van der Waals surface area contributed by atoms with Crippen LogP contribution in [0.1, 0.15) is 22.3 Å². The fourth-order valence-corrected chi connectivity index (χ4v) is 9.43. The number of rotatable bonds is 4. The Morgan fingerprint density at radius 2 is 0.729 bits per heavy atom. The minimum absolute atomic E-state index is 1.20. The Bertz CT molecular complexity index is 2230. The van der Waals surface area contributed by atoms with Crippen molar-refractivity contribution in [3.63, 3.8) is 0 Å². The van der Waals surface area contributed by atoms with Gasteiger partial charge < -0.3 is 9.80 Å². The van der Waals surface area contributed by atoms with Gasteiger partial charge in [0.05, 0.1) is 22.7 Å². The zero-order valence-corrected chi connectivity index (χ0v) is 28.4. The third-order valence-electron chi connectivity index (χ3n) is 9.48. The topological polar surface area (TPSA) is 6.48 Å². The van der Waals surface area contributed by atoms with E-state index in [2.05, 4.69) is 182 Å². The Balaban J connectivity index is 1.09. The van der Waals surface area contributed by atoms with E-state index < -0.39 is 0 Å². The van der Waals surface area contributed by atoms with Crippen LogP contribution in [0.2, 0.25) is 0 Å². The summed E-state index contributed by atoms with van der Waals surface area (Å²) in [6.45, 7) is 0. The first-order valence-corrected chi connectivity index (χ1v) is 17.8. The molecule has 2 heterocycles. The molecule has 0 saturated heterocycles. The van der Waals surface area contributed by atoms with E-state index >= 15 is 0 Å². The lowest BCUT2D eigenvalue weighted by Gasteiger charge is -2.29. The van der Waals surface area contributed by atoms with Crippen LogP contribution in [0.15, 0.2) is 153 Å². The number of hydrogen-bond acceptors (Lipinski definition) is 4. The molecule has 0 aliphatic carbocycles. The van der Waals surface area contributed by atoms with Gasteiger partial charge in [-0.25, -0.2) is 0 Å². The molecule has 0 spiro atoms. The molecule has 2 aliphatic rings. The molecule has 0 bridgehead atoms. The molecule has 2 aliphatic heterocycles. The first kappa shape index (κ1) is 29.0. The van der Waals surface area contributed by atoms with Gasteiger partial charge in [0, 0.05) is 33.7 Å². The molecule has 0 N–H and O–H groups in total. The number of anilines is 4. The second kappa shape index (κ2) is 11.8. The fourth-order valence-electron chi connectivity index (χ4n) is 7.04. The summed E-state index contributed by atoms with van der Waals surface area (Å²) in [7, 11) is 4.31. The lowest BCUT2D eigenvalue weighted by Crippen LogP contribution is -2.14. The van der Waals surface area contributed by atoms with E-state index in [1.54, 1.807) is 0 Å². The van der Waals surface area contributed by atoms with Crippen LogP contribution in [0, 0.1) is 0 Å². The van der Waals surface area contributed by atoms with Crippen molar-refractivity contribution in [3.8, 4) is 0 Å². The van der Waals surface area contributed by atoms with Gasteiger partial charge in [0.2, 0.25) is 0 Å². The maximum absolute atomic E-state index is 2.32. The van der Waals surface area contributed by atoms with Gasteiger partial charge in [0.1, 0.15) is 0 Å². The molecular formula is C44H32N2S2. The van der Waals surface area contributed by atoms with E-state index in [1.807, 2.05) is 23.5 Å². The van der Waals surface area contributed by atoms with Crippen LogP contribution >= 0.6 is 23.5 Å². The molecule has 0 saturated carbocycles. The van der Waals surface area contributed by atoms with E-state index in [0.29, 0.717) is 0 Å². The first-order chi connectivity index (χ1) is 23.6. The smallest absolute Gasteiger partial charge is 0.0550 e. The SMILES string of the molecule is CN1c2ccccc2Sc2cc(/C=C/c3c4ccccc4c(/C=C/c4ccc5c(c4)Sc4ccccc4N5C)c4ccccc34)ccc21. The predicted octanol–water partition coefficient (Wildman–Crippen LogP) is 12.8. The van der Waals surface area contributed by atoms with Crippen LogP contribution in [0.25, 0.3) is 45.8 Å². The molecular weight excluding hydrogens is 621 g/mol. The summed E-state index contributed by atoms with van der Waals surface area (Å²) in [5.41, 5.74) is 9.91. The Morgan fingerprint density at radius 1 is 0.375 bits per heavy atom. The maximum Gasteiger partial charge on any atom is 0.0550 e. The van der Waals surface area contributed by atoms with Crippen molar-refractivity contribution in [3.05, 3.63) is 156 Å². The number of hydrogen-bond donors (Lipinski definition) is 0. The molecule has 48 heavy (non-hydrogen) atoms. The summed E-state index contributed by atoms with van der Waals surface area (Å²) in [6.07, 6.45) is 9.15. The van der Waals surface area contributed by atoms with Crippen LogP contribution in [-0.2, 0) is 0 Å². The summed E-state index contributed by atoms with van der Waals surface area (Å²) < 4.78 is 0. The summed E-state index contributed by atoms with van der Waals surface area (Å²) in [5.74, 6) is 0. The summed E-state index contributed by atoms with van der Waals surface area (Å²) >= 11 is 3.70. The highest BCUT2D eigenvalue weighted by atomic mass is 32.2. The summed E-state index contributed by atoms with van der Waals surface area (Å²) in [4.78, 5) is 9.74. The highest BCUT2D eigenvalue weighted by molar-refractivity contribution is 8.00. The minimum atomic E-state index is 1.20. The van der Waals surface area contributed by atoms with Gasteiger partial charge in [0.25, 0.3) is 0 Å². The van der Waals surface area contributed by atoms with Gasteiger partial charge in [-0.05, 0) is 92.3 Å². The Kier molecular flexibility index (Phi) is 7.14. The van der Waals surface area contributed by atoms with Crippen LogP contribution in [0.3, 0.4) is 0 Å². The number of nitrogens with zero attached hydrogens (tertiary/aromatic N) is 2. The van der Waals surface area contributed by atoms with Crippen molar-refractivity contribution in [2.45, 2.75) is 19.6 Å². The number of para-hydroxylation sites is 2. The largest absolute Gasteiger partial charge is 0.343 e. The number of benzene rings is 7. The van der Waals surface area contributed by atoms with Gasteiger partial charge in [-0.3, -0.25) is 0 Å². The molecule has 9 rings (SSSR count). The predicted molar refractivity (Wildman–Crippen MR) is 209 cm³/mol. The molecule has 0 radical (unpaired) electrons. The fraction of sp³-hybridized carbons (Fsp3) is 0.0455. The van der Waals surface area contributed by atoms with Gasteiger partial charge in [0.15, 0.2) is 0 Å². The van der Waals surface area contributed by atoms with Gasteiger partial charge in [-0.1, -0.05) is 133 Å². The molecule has 2 nitrogen and oxygen atoms in total. The van der Waals surface area contributed by atoms with Crippen LogP contribution in [-0.4, -0.2) is 14.1 Å². The van der Waals surface area contributed by atoms with Crippen LogP contribution < -0.4 is 9.80 Å². The molecule has 0 aromatic heterocycles. The molecule has 230 valence electrons. The molecule has 7 aromatic rings. The maximum atomic E-state index is 2.32. The van der Waals surface area contributed by atoms with Gasteiger partial charge >= 0.3 is 0 Å². The zero-order valence-electron chi connectivity index (χ0n) is 26.7. The second-order valence-electron chi connectivity index (χ2n) is 12.3. The zero-order chi connectivity index (χ0) is 32.2. The third kappa shape index (κ3) is 4.92. The van der Waals surface area contributed by atoms with Crippen molar-refractivity contribution in [1.29, 1.82) is 0 Å². The van der Waals surface area contributed by atoms with E-state index in [9.17, 15) is 0 Å². The summed E-state index contributed by atoms with van der Waals surface area (Å²) in [6, 6.07) is 48.5. The quantitative estimate of drug-likeness (QED) is 0.138. The van der Waals surface area contributed by atoms with E-state index in [-0.39, 0.29) is 0 Å². The molecule has 4 heteroatoms. The molecule has 7 aromatic carbocycles. The molecule has 0 fully saturated rings. The average Bonchev–Trinajstić information content (AvgIpc) is 3.13. The normalized spacial score (nSPS) is 13.6. The second-order valence-corrected chi connectivity index (χ2v) is 14.5. The van der Waals surface area contributed by atoms with Crippen molar-refractivity contribution in [1.82, 2.24) is 0 Å². The Morgan fingerprint density at radius 3 is 1.15 bits per heavy atom. The average molecular weight is 653 g/mol. The first-order valence-electron chi connectivity index (χ1n) is 16.2. The van der Waals surface area contributed by atoms with E-state index in [4.69, 9.17) is 0 Å². The van der Waals surface area contributed by atoms with Crippen molar-refractivity contribution < 1.29 is 0 Å². The summed E-state index contributed by atoms with van der Waals surface area (Å²) in [5, 5.41) is 5.03. The number of fused-ring (bicyclic) bond motifs is 6. The standard InChI is InChI=1S/C44H32N2S2/c1-45-37-15-7-9-17-41(37)47-43-27-29(21-25-39(43)45)19-23-35-31-11-3-5-13-33(31)36(34-14-6-4-12-32(34)35)24-20-30-22-26-40-44(28-30)48-42-18-10-8-16-38(42)46(40)2/h3-28H,1-2H3/b23-19+,24-20+. The molecule has 0 amide bonds. The van der Waals surface area contributed by atoms with Crippen LogP contribution in [0.5, 0.6) is 0 Å². The molecule has 0 unspecified atom stereocenters. The monoisotopic (exact) mass is 652 g/mol. The van der Waals surface area contributed by atoms with Crippen LogP contribution in [0.4, 0.5) is 22.7 Å². The highest BCUT2D eigenvalue weighted by Gasteiger charge is 2.21. The van der Waals surface area contributed by atoms with E-state index in [1.165, 1.54) is 86.1 Å². The third-order valence-corrected chi connectivity index (χ3v) is 11.7. The van der Waals surface area contributed by atoms with Gasteiger partial charge in [-0.15, -0.1) is 0 Å². The van der Waals surface area contributed by atoms with E-state index in [0.717, 1.165) is 0 Å². The minimum Gasteiger partial charge on any atom is -0.343 e. The lowest BCUT2D eigenvalue weighted by atomic mass is 9.91. The molecule has 0 atom stereocenters. The Hall–Kier alpha value is -5.16. The Labute approximate surface area is 290 Å². The highest BCUT2D eigenvalue weighted by Crippen LogP contribution is 2.49. The van der Waals surface area contributed by atoms with Gasteiger partial charge in [-0.2, -0.15) is 0 Å². The van der Waals surface area contributed by atoms with Crippen molar-refractivity contribution in [2.75, 3.05) is 23.9 Å².